The Bertz CT molecular complexity index is 182. The molecule has 0 rings (SSSR count). The highest BCUT2D eigenvalue weighted by atomic mass is 16.1. The highest BCUT2D eigenvalue weighted by Crippen LogP contribution is 1.99. The third-order valence-corrected chi connectivity index (χ3v) is 2.01. The molecule has 0 atom stereocenters. The van der Waals surface area contributed by atoms with E-state index in [9.17, 15) is 9.59 Å². The number of unbranched alkanes of at least 4 members (excludes halogenated alkanes) is 2. The maximum atomic E-state index is 11.1. The summed E-state index contributed by atoms with van der Waals surface area (Å²) < 4.78 is 0. The quantitative estimate of drug-likeness (QED) is 0.559. The van der Waals surface area contributed by atoms with Crippen LogP contribution in [0.2, 0.25) is 0 Å². The van der Waals surface area contributed by atoms with Gasteiger partial charge < -0.3 is 0 Å². The predicted molar refractivity (Wildman–Crippen MR) is 58.2 cm³/mol. The zero-order valence-corrected chi connectivity index (χ0v) is 9.21. The lowest BCUT2D eigenvalue weighted by Crippen LogP contribution is -1.96. The van der Waals surface area contributed by atoms with Crippen LogP contribution in [0.1, 0.15) is 52.4 Å². The third kappa shape index (κ3) is 7.71. The Morgan fingerprint density at radius 3 is 1.50 bits per heavy atom. The Balaban J connectivity index is 3.68. The van der Waals surface area contributed by atoms with Gasteiger partial charge in [-0.1, -0.05) is 26.7 Å². The summed E-state index contributed by atoms with van der Waals surface area (Å²) in [7, 11) is 0. The first kappa shape index (κ1) is 13.1. The van der Waals surface area contributed by atoms with Crippen molar-refractivity contribution in [3.63, 3.8) is 0 Å². The molecule has 0 aliphatic rings. The molecule has 0 amide bonds. The maximum absolute atomic E-state index is 11.1. The van der Waals surface area contributed by atoms with Crippen LogP contribution in [-0.2, 0) is 9.59 Å². The molecule has 80 valence electrons. The monoisotopic (exact) mass is 196 g/mol. The van der Waals surface area contributed by atoms with Crippen LogP contribution in [-0.4, -0.2) is 11.6 Å². The fraction of sp³-hybridized carbons (Fsp3) is 0.667. The van der Waals surface area contributed by atoms with E-state index in [0.717, 1.165) is 25.7 Å². The van der Waals surface area contributed by atoms with Crippen molar-refractivity contribution in [2.24, 2.45) is 0 Å². The first-order valence-corrected chi connectivity index (χ1v) is 5.44. The summed E-state index contributed by atoms with van der Waals surface area (Å²) in [5.74, 6) is 0.133. The summed E-state index contributed by atoms with van der Waals surface area (Å²) >= 11 is 0. The van der Waals surface area contributed by atoms with Gasteiger partial charge in [-0.2, -0.15) is 0 Å². The number of hydrogen-bond donors (Lipinski definition) is 0. The fourth-order valence-corrected chi connectivity index (χ4v) is 1.05. The van der Waals surface area contributed by atoms with Crippen LogP contribution in [0.25, 0.3) is 0 Å². The largest absolute Gasteiger partial charge is 0.295 e. The van der Waals surface area contributed by atoms with Crippen molar-refractivity contribution in [1.82, 2.24) is 0 Å². The topological polar surface area (TPSA) is 34.1 Å². The van der Waals surface area contributed by atoms with E-state index < -0.39 is 0 Å². The zero-order chi connectivity index (χ0) is 10.8. The van der Waals surface area contributed by atoms with Crippen molar-refractivity contribution in [1.29, 1.82) is 0 Å². The lowest BCUT2D eigenvalue weighted by atomic mass is 10.1. The fourth-order valence-electron chi connectivity index (χ4n) is 1.05. The zero-order valence-electron chi connectivity index (χ0n) is 9.21. The van der Waals surface area contributed by atoms with Crippen LogP contribution in [0.15, 0.2) is 12.2 Å². The van der Waals surface area contributed by atoms with Gasteiger partial charge in [0, 0.05) is 12.8 Å². The highest BCUT2D eigenvalue weighted by molar-refractivity contribution is 5.98. The van der Waals surface area contributed by atoms with Gasteiger partial charge in [-0.05, 0) is 25.0 Å². The van der Waals surface area contributed by atoms with E-state index in [4.69, 9.17) is 0 Å². The van der Waals surface area contributed by atoms with Crippen molar-refractivity contribution in [3.8, 4) is 0 Å². The minimum atomic E-state index is 0.0664. The van der Waals surface area contributed by atoms with Gasteiger partial charge in [-0.3, -0.25) is 9.59 Å². The summed E-state index contributed by atoms with van der Waals surface area (Å²) in [6.45, 7) is 4.09. The van der Waals surface area contributed by atoms with Gasteiger partial charge in [0.1, 0.15) is 0 Å². The molecule has 0 spiro atoms. The molecule has 14 heavy (non-hydrogen) atoms. The van der Waals surface area contributed by atoms with Gasteiger partial charge in [-0.15, -0.1) is 0 Å². The Morgan fingerprint density at radius 1 is 0.857 bits per heavy atom. The number of ketones is 2. The van der Waals surface area contributed by atoms with Crippen molar-refractivity contribution in [2.45, 2.75) is 52.4 Å². The van der Waals surface area contributed by atoms with Crippen LogP contribution in [0.4, 0.5) is 0 Å². The Kier molecular flexibility index (Phi) is 8.10. The maximum Gasteiger partial charge on any atom is 0.155 e. The van der Waals surface area contributed by atoms with Crippen LogP contribution in [0, 0.1) is 0 Å². The van der Waals surface area contributed by atoms with E-state index in [1.54, 1.807) is 0 Å². The van der Waals surface area contributed by atoms with Crippen molar-refractivity contribution in [2.75, 3.05) is 0 Å². The second kappa shape index (κ2) is 8.67. The molecular formula is C12H20O2. The van der Waals surface area contributed by atoms with E-state index >= 15 is 0 Å². The summed E-state index contributed by atoms with van der Waals surface area (Å²) in [4.78, 5) is 22.3. The molecule has 0 bridgehead atoms. The lowest BCUT2D eigenvalue weighted by Gasteiger charge is -1.93. The molecule has 0 saturated carbocycles. The smallest absolute Gasteiger partial charge is 0.155 e. The van der Waals surface area contributed by atoms with Crippen LogP contribution >= 0.6 is 0 Å². The van der Waals surface area contributed by atoms with Crippen LogP contribution in [0.3, 0.4) is 0 Å². The molecular weight excluding hydrogens is 176 g/mol. The first-order chi connectivity index (χ1) is 6.70. The lowest BCUT2D eigenvalue weighted by molar-refractivity contribution is -0.116. The molecule has 0 aromatic carbocycles. The summed E-state index contributed by atoms with van der Waals surface area (Å²) in [5.41, 5.74) is 0. The predicted octanol–water partition coefficient (Wildman–Crippen LogP) is 3.06. The molecule has 0 aromatic rings. The Labute approximate surface area is 86.4 Å². The second-order valence-electron chi connectivity index (χ2n) is 3.47. The molecule has 0 aliphatic carbocycles. The minimum Gasteiger partial charge on any atom is -0.295 e. The van der Waals surface area contributed by atoms with Gasteiger partial charge in [0.15, 0.2) is 11.6 Å². The molecule has 0 fully saturated rings. The molecule has 0 saturated heterocycles. The van der Waals surface area contributed by atoms with Crippen molar-refractivity contribution < 1.29 is 9.59 Å². The minimum absolute atomic E-state index is 0.0664. The Hall–Kier alpha value is -0.920. The van der Waals surface area contributed by atoms with Gasteiger partial charge in [0.25, 0.3) is 0 Å². The molecule has 2 heteroatoms. The third-order valence-electron chi connectivity index (χ3n) is 2.01. The summed E-state index contributed by atoms with van der Waals surface area (Å²) in [6.07, 6.45) is 7.83. The molecule has 0 heterocycles. The van der Waals surface area contributed by atoms with Gasteiger partial charge in [0.2, 0.25) is 0 Å². The molecule has 0 N–H and O–H groups in total. The van der Waals surface area contributed by atoms with E-state index in [0.29, 0.717) is 12.8 Å². The molecule has 0 radical (unpaired) electrons. The van der Waals surface area contributed by atoms with Crippen LogP contribution in [0.5, 0.6) is 0 Å². The molecule has 2 nitrogen and oxygen atoms in total. The van der Waals surface area contributed by atoms with Crippen molar-refractivity contribution >= 4 is 11.6 Å². The first-order valence-electron chi connectivity index (χ1n) is 5.44. The molecule has 0 aromatic heterocycles. The van der Waals surface area contributed by atoms with E-state index in [-0.39, 0.29) is 11.6 Å². The summed E-state index contributed by atoms with van der Waals surface area (Å²) in [5, 5.41) is 0. The van der Waals surface area contributed by atoms with Gasteiger partial charge >= 0.3 is 0 Å². The average molecular weight is 196 g/mol. The average Bonchev–Trinajstić information content (AvgIpc) is 2.20. The number of hydrogen-bond acceptors (Lipinski definition) is 2. The SMILES string of the molecule is CCCCC(=O)C=CC(=O)CCCC. The molecule has 0 aliphatic heterocycles. The molecule has 0 unspecified atom stereocenters. The van der Waals surface area contributed by atoms with Crippen LogP contribution < -0.4 is 0 Å². The van der Waals surface area contributed by atoms with E-state index in [1.807, 2.05) is 13.8 Å². The number of carbonyl (C=O) groups is 2. The van der Waals surface area contributed by atoms with E-state index in [2.05, 4.69) is 0 Å². The number of carbonyl (C=O) groups excluding carboxylic acids is 2. The normalized spacial score (nSPS) is 10.7. The second-order valence-corrected chi connectivity index (χ2v) is 3.47. The summed E-state index contributed by atoms with van der Waals surface area (Å²) in [6, 6.07) is 0. The standard InChI is InChI=1S/C12H20O2/c1-3-5-7-11(13)9-10-12(14)8-6-4-2/h9-10H,3-8H2,1-2H3. The highest BCUT2D eigenvalue weighted by Gasteiger charge is 1.98. The van der Waals surface area contributed by atoms with Crippen molar-refractivity contribution in [3.05, 3.63) is 12.2 Å². The number of rotatable bonds is 8. The number of allylic oxidation sites excluding steroid dienone is 2. The Morgan fingerprint density at radius 2 is 1.21 bits per heavy atom. The van der Waals surface area contributed by atoms with E-state index in [1.165, 1.54) is 12.2 Å². The van der Waals surface area contributed by atoms with Gasteiger partial charge in [-0.25, -0.2) is 0 Å². The van der Waals surface area contributed by atoms with Gasteiger partial charge in [0.05, 0.1) is 0 Å².